The fraction of sp³-hybridized carbons (Fsp3) is 0.400. The van der Waals surface area contributed by atoms with Crippen molar-refractivity contribution in [3.05, 3.63) is 54.1 Å². The van der Waals surface area contributed by atoms with Crippen LogP contribution in [0, 0.1) is 5.92 Å². The van der Waals surface area contributed by atoms with Gasteiger partial charge in [-0.2, -0.15) is 0 Å². The molecule has 0 amide bonds. The normalized spacial score (nSPS) is 15.7. The van der Waals surface area contributed by atoms with Crippen LogP contribution >= 0.6 is 0 Å². The van der Waals surface area contributed by atoms with E-state index >= 15 is 0 Å². The van der Waals surface area contributed by atoms with E-state index in [-0.39, 0.29) is 11.4 Å². The summed E-state index contributed by atoms with van der Waals surface area (Å²) in [6, 6.07) is 14.0. The van der Waals surface area contributed by atoms with Crippen molar-refractivity contribution >= 4 is 21.4 Å². The van der Waals surface area contributed by atoms with Gasteiger partial charge in [-0.15, -0.1) is 0 Å². The molecule has 140 valence electrons. The third-order valence-electron chi connectivity index (χ3n) is 4.94. The predicted octanol–water partition coefficient (Wildman–Crippen LogP) is 3.74. The molecule has 0 aromatic heterocycles. The molecule has 1 saturated carbocycles. The van der Waals surface area contributed by atoms with Crippen LogP contribution in [-0.4, -0.2) is 15.0 Å². The number of anilines is 2. The van der Waals surface area contributed by atoms with Gasteiger partial charge in [0.25, 0.3) is 0 Å². The highest BCUT2D eigenvalue weighted by Gasteiger charge is 2.15. The molecular weight excluding hydrogens is 346 g/mol. The van der Waals surface area contributed by atoms with Crippen molar-refractivity contribution in [3.8, 4) is 0 Å². The summed E-state index contributed by atoms with van der Waals surface area (Å²) in [5.41, 5.74) is 8.56. The molecule has 5 nitrogen and oxygen atoms in total. The van der Waals surface area contributed by atoms with Crippen LogP contribution in [0.5, 0.6) is 0 Å². The Hall–Kier alpha value is -2.05. The highest BCUT2D eigenvalue weighted by Crippen LogP contribution is 2.26. The number of nitrogen functional groups attached to an aromatic ring is 1. The van der Waals surface area contributed by atoms with E-state index in [2.05, 4.69) is 10.0 Å². The summed E-state index contributed by atoms with van der Waals surface area (Å²) in [5.74, 6) is 0.723. The first-order valence-corrected chi connectivity index (χ1v) is 10.7. The lowest BCUT2D eigenvalue weighted by Gasteiger charge is -2.22. The Morgan fingerprint density at radius 1 is 1.00 bits per heavy atom. The molecule has 1 fully saturated rings. The number of benzene rings is 2. The second-order valence-electron chi connectivity index (χ2n) is 6.94. The van der Waals surface area contributed by atoms with E-state index in [1.807, 2.05) is 18.2 Å². The highest BCUT2D eigenvalue weighted by molar-refractivity contribution is 7.89. The van der Waals surface area contributed by atoms with Crippen LogP contribution in [0.25, 0.3) is 0 Å². The molecule has 0 saturated heterocycles. The zero-order valence-corrected chi connectivity index (χ0v) is 15.8. The van der Waals surface area contributed by atoms with E-state index in [1.165, 1.54) is 32.1 Å². The lowest BCUT2D eigenvalue weighted by atomic mass is 9.89. The van der Waals surface area contributed by atoms with E-state index in [0.717, 1.165) is 23.7 Å². The van der Waals surface area contributed by atoms with Gasteiger partial charge in [0.1, 0.15) is 0 Å². The molecule has 3 rings (SSSR count). The number of rotatable bonds is 7. The summed E-state index contributed by atoms with van der Waals surface area (Å²) in [6.45, 7) is 1.16. The van der Waals surface area contributed by atoms with E-state index in [4.69, 9.17) is 5.73 Å². The molecule has 26 heavy (non-hydrogen) atoms. The van der Waals surface area contributed by atoms with Gasteiger partial charge in [-0.3, -0.25) is 0 Å². The molecule has 6 heteroatoms. The summed E-state index contributed by atoms with van der Waals surface area (Å²) in [7, 11) is -3.51. The van der Waals surface area contributed by atoms with Gasteiger partial charge in [0, 0.05) is 13.1 Å². The van der Waals surface area contributed by atoms with Crippen molar-refractivity contribution in [2.24, 2.45) is 5.92 Å². The van der Waals surface area contributed by atoms with Crippen LogP contribution in [0.4, 0.5) is 11.4 Å². The largest absolute Gasteiger partial charge is 0.397 e. The van der Waals surface area contributed by atoms with Crippen LogP contribution in [0.15, 0.2) is 53.4 Å². The van der Waals surface area contributed by atoms with Gasteiger partial charge < -0.3 is 11.1 Å². The average Bonchev–Trinajstić information content (AvgIpc) is 2.67. The van der Waals surface area contributed by atoms with Crippen molar-refractivity contribution in [2.45, 2.75) is 43.5 Å². The summed E-state index contributed by atoms with van der Waals surface area (Å²) in [5, 5.41) is 3.44. The quantitative estimate of drug-likeness (QED) is 0.646. The Balaban J connectivity index is 1.57. The standard InChI is InChI=1S/C20H27N3O2S/c21-19-13-17(15-23-26(24,25)18-9-5-2-6-10-18)11-12-20(19)22-14-16-7-3-1-4-8-16/h2,5-6,9-13,16,22-23H,1,3-4,7-8,14-15,21H2. The maximum Gasteiger partial charge on any atom is 0.240 e. The van der Waals surface area contributed by atoms with Crippen LogP contribution in [0.3, 0.4) is 0 Å². The molecule has 0 atom stereocenters. The molecule has 2 aromatic carbocycles. The van der Waals surface area contributed by atoms with E-state index in [1.54, 1.807) is 30.3 Å². The predicted molar refractivity (Wildman–Crippen MR) is 106 cm³/mol. The molecule has 4 N–H and O–H groups in total. The van der Waals surface area contributed by atoms with Crippen molar-refractivity contribution in [2.75, 3.05) is 17.6 Å². The molecule has 0 radical (unpaired) electrons. The molecule has 0 heterocycles. The van der Waals surface area contributed by atoms with E-state index in [9.17, 15) is 8.42 Å². The summed E-state index contributed by atoms with van der Waals surface area (Å²) in [6.07, 6.45) is 6.56. The maximum atomic E-state index is 12.3. The lowest BCUT2D eigenvalue weighted by Crippen LogP contribution is -2.23. The Bertz CT molecular complexity index is 816. The first-order chi connectivity index (χ1) is 12.5. The number of hydrogen-bond donors (Lipinski definition) is 3. The molecule has 1 aliphatic carbocycles. The highest BCUT2D eigenvalue weighted by atomic mass is 32.2. The smallest absolute Gasteiger partial charge is 0.240 e. The van der Waals surface area contributed by atoms with Gasteiger partial charge in [-0.05, 0) is 48.6 Å². The minimum Gasteiger partial charge on any atom is -0.397 e. The number of sulfonamides is 1. The molecule has 0 aliphatic heterocycles. The fourth-order valence-electron chi connectivity index (χ4n) is 3.39. The third-order valence-corrected chi connectivity index (χ3v) is 6.36. The first-order valence-electron chi connectivity index (χ1n) is 9.21. The van der Waals surface area contributed by atoms with Gasteiger partial charge in [0.15, 0.2) is 0 Å². The first kappa shape index (κ1) is 18.7. The second kappa shape index (κ2) is 8.56. The number of nitrogens with two attached hydrogens (primary N) is 1. The lowest BCUT2D eigenvalue weighted by molar-refractivity contribution is 0.373. The third kappa shape index (κ3) is 4.99. The maximum absolute atomic E-state index is 12.3. The van der Waals surface area contributed by atoms with Gasteiger partial charge >= 0.3 is 0 Å². The van der Waals surface area contributed by atoms with Crippen LogP contribution < -0.4 is 15.8 Å². The van der Waals surface area contributed by atoms with Crippen LogP contribution in [0.1, 0.15) is 37.7 Å². The fourth-order valence-corrected chi connectivity index (χ4v) is 4.43. The Labute approximate surface area is 156 Å². The second-order valence-corrected chi connectivity index (χ2v) is 8.71. The molecule has 2 aromatic rings. The Kier molecular flexibility index (Phi) is 6.16. The van der Waals surface area contributed by atoms with Crippen LogP contribution in [0.2, 0.25) is 0 Å². The molecular formula is C20H27N3O2S. The molecule has 0 unspecified atom stereocenters. The summed E-state index contributed by atoms with van der Waals surface area (Å²) < 4.78 is 27.2. The topological polar surface area (TPSA) is 84.2 Å². The van der Waals surface area contributed by atoms with Crippen molar-refractivity contribution in [1.82, 2.24) is 4.72 Å². The zero-order valence-electron chi connectivity index (χ0n) is 14.9. The summed E-state index contributed by atoms with van der Waals surface area (Å²) in [4.78, 5) is 0.263. The van der Waals surface area contributed by atoms with Crippen LogP contribution in [-0.2, 0) is 16.6 Å². The van der Waals surface area contributed by atoms with Gasteiger partial charge in [-0.25, -0.2) is 13.1 Å². The molecule has 1 aliphatic rings. The minimum atomic E-state index is -3.51. The average molecular weight is 374 g/mol. The van der Waals surface area contributed by atoms with Crippen molar-refractivity contribution < 1.29 is 8.42 Å². The SMILES string of the molecule is Nc1cc(CNS(=O)(=O)c2ccccc2)ccc1NCC1CCCCC1. The monoisotopic (exact) mass is 373 g/mol. The summed E-state index contributed by atoms with van der Waals surface area (Å²) >= 11 is 0. The van der Waals surface area contributed by atoms with Crippen molar-refractivity contribution in [1.29, 1.82) is 0 Å². The zero-order chi connectivity index (χ0) is 18.4. The number of nitrogens with one attached hydrogen (secondary N) is 2. The molecule has 0 spiro atoms. The van der Waals surface area contributed by atoms with Gasteiger partial charge in [0.05, 0.1) is 16.3 Å². The van der Waals surface area contributed by atoms with E-state index < -0.39 is 10.0 Å². The molecule has 0 bridgehead atoms. The van der Waals surface area contributed by atoms with Gasteiger partial charge in [-0.1, -0.05) is 43.5 Å². The Morgan fingerprint density at radius 2 is 1.73 bits per heavy atom. The Morgan fingerprint density at radius 3 is 2.42 bits per heavy atom. The minimum absolute atomic E-state index is 0.213. The van der Waals surface area contributed by atoms with Crippen molar-refractivity contribution in [3.63, 3.8) is 0 Å². The van der Waals surface area contributed by atoms with E-state index in [0.29, 0.717) is 5.69 Å². The van der Waals surface area contributed by atoms with Gasteiger partial charge in [0.2, 0.25) is 10.0 Å². The number of hydrogen-bond acceptors (Lipinski definition) is 4.